The van der Waals surface area contributed by atoms with E-state index in [4.69, 9.17) is 4.74 Å². The molecule has 1 aromatic heterocycles. The number of morpholine rings is 1. The summed E-state index contributed by atoms with van der Waals surface area (Å²) in [7, 11) is 1.81. The molecule has 1 aliphatic rings. The Balaban J connectivity index is 2.21. The van der Waals surface area contributed by atoms with E-state index in [1.165, 1.54) is 11.5 Å². The fraction of sp³-hybridized carbons (Fsp3) is 0.636. The highest BCUT2D eigenvalue weighted by atomic mass is 32.1. The Morgan fingerprint density at radius 1 is 1.65 bits per heavy atom. The minimum Gasteiger partial charge on any atom is -0.378 e. The van der Waals surface area contributed by atoms with E-state index in [0.29, 0.717) is 25.3 Å². The molecule has 0 unspecified atom stereocenters. The SMILES string of the molecule is CNc1snc(C)c1C(=O)N1CCO[C@H](C)C1. The van der Waals surface area contributed by atoms with Crippen LogP contribution < -0.4 is 5.32 Å². The second kappa shape index (κ2) is 5.01. The maximum Gasteiger partial charge on any atom is 0.258 e. The number of hydrogen-bond acceptors (Lipinski definition) is 5. The summed E-state index contributed by atoms with van der Waals surface area (Å²) < 4.78 is 9.66. The lowest BCUT2D eigenvalue weighted by Crippen LogP contribution is -2.44. The first-order chi connectivity index (χ1) is 8.13. The Bertz CT molecular complexity index is 419. The van der Waals surface area contributed by atoms with Gasteiger partial charge in [-0.3, -0.25) is 4.79 Å². The number of nitrogens with one attached hydrogen (secondary N) is 1. The summed E-state index contributed by atoms with van der Waals surface area (Å²) >= 11 is 1.33. The standard InChI is InChI=1S/C11H17N3O2S/c1-7-6-14(4-5-16-7)11(15)9-8(2)13-17-10(9)12-3/h7,12H,4-6H2,1-3H3/t7-/m1/s1. The van der Waals surface area contributed by atoms with Gasteiger partial charge in [-0.15, -0.1) is 0 Å². The molecule has 0 spiro atoms. The minimum atomic E-state index is 0.0516. The number of carbonyl (C=O) groups is 1. The van der Waals surface area contributed by atoms with Gasteiger partial charge < -0.3 is 15.0 Å². The quantitative estimate of drug-likeness (QED) is 0.867. The van der Waals surface area contributed by atoms with Gasteiger partial charge in [-0.1, -0.05) is 0 Å². The predicted molar refractivity (Wildman–Crippen MR) is 67.7 cm³/mol. The van der Waals surface area contributed by atoms with Gasteiger partial charge in [0, 0.05) is 20.1 Å². The van der Waals surface area contributed by atoms with Crippen LogP contribution in [0.4, 0.5) is 5.00 Å². The second-order valence-electron chi connectivity index (χ2n) is 4.15. The number of ether oxygens (including phenoxy) is 1. The summed E-state index contributed by atoms with van der Waals surface area (Å²) in [5.41, 5.74) is 1.50. The second-order valence-corrected chi connectivity index (χ2v) is 4.93. The van der Waals surface area contributed by atoms with Gasteiger partial charge in [-0.25, -0.2) is 0 Å². The van der Waals surface area contributed by atoms with Gasteiger partial charge in [-0.05, 0) is 25.4 Å². The molecular formula is C11H17N3O2S. The number of nitrogens with zero attached hydrogens (tertiary/aromatic N) is 2. The molecule has 0 saturated carbocycles. The number of amides is 1. The van der Waals surface area contributed by atoms with E-state index < -0.39 is 0 Å². The van der Waals surface area contributed by atoms with Gasteiger partial charge in [-0.2, -0.15) is 4.37 Å². The van der Waals surface area contributed by atoms with Crippen molar-refractivity contribution in [3.63, 3.8) is 0 Å². The number of aromatic nitrogens is 1. The first-order valence-electron chi connectivity index (χ1n) is 5.68. The molecule has 1 fully saturated rings. The van der Waals surface area contributed by atoms with Crippen LogP contribution in [0.2, 0.25) is 0 Å². The van der Waals surface area contributed by atoms with Crippen LogP contribution in [-0.2, 0) is 4.74 Å². The molecule has 0 radical (unpaired) electrons. The Morgan fingerprint density at radius 2 is 2.41 bits per heavy atom. The average Bonchev–Trinajstić information content (AvgIpc) is 2.69. The van der Waals surface area contributed by atoms with Crippen LogP contribution in [-0.4, -0.2) is 48.0 Å². The van der Waals surface area contributed by atoms with Crippen molar-refractivity contribution in [2.45, 2.75) is 20.0 Å². The maximum absolute atomic E-state index is 12.4. The number of anilines is 1. The molecule has 1 N–H and O–H groups in total. The molecule has 0 bridgehead atoms. The molecule has 6 heteroatoms. The van der Waals surface area contributed by atoms with E-state index in [2.05, 4.69) is 9.69 Å². The first kappa shape index (κ1) is 12.3. The van der Waals surface area contributed by atoms with Crippen LogP contribution in [0.15, 0.2) is 0 Å². The molecule has 1 aromatic rings. The molecular weight excluding hydrogens is 238 g/mol. The molecule has 5 nitrogen and oxygen atoms in total. The zero-order valence-corrected chi connectivity index (χ0v) is 11.1. The highest BCUT2D eigenvalue weighted by Gasteiger charge is 2.26. The van der Waals surface area contributed by atoms with Crippen molar-refractivity contribution in [2.75, 3.05) is 32.1 Å². The summed E-state index contributed by atoms with van der Waals surface area (Å²) in [6, 6.07) is 0. The molecule has 2 heterocycles. The van der Waals surface area contributed by atoms with Crippen LogP contribution >= 0.6 is 11.5 Å². The lowest BCUT2D eigenvalue weighted by Gasteiger charge is -2.31. The zero-order chi connectivity index (χ0) is 12.4. The van der Waals surface area contributed by atoms with E-state index in [1.807, 2.05) is 25.8 Å². The number of hydrogen-bond donors (Lipinski definition) is 1. The number of carbonyl (C=O) groups excluding carboxylic acids is 1. The topological polar surface area (TPSA) is 54.5 Å². The summed E-state index contributed by atoms with van der Waals surface area (Å²) in [5.74, 6) is 0.0516. The third kappa shape index (κ3) is 2.42. The Hall–Kier alpha value is -1.14. The van der Waals surface area contributed by atoms with Crippen molar-refractivity contribution in [2.24, 2.45) is 0 Å². The molecule has 0 aromatic carbocycles. The van der Waals surface area contributed by atoms with Gasteiger partial charge in [0.15, 0.2) is 0 Å². The van der Waals surface area contributed by atoms with Crippen molar-refractivity contribution >= 4 is 22.4 Å². The minimum absolute atomic E-state index is 0.0516. The van der Waals surface area contributed by atoms with Crippen molar-refractivity contribution in [1.29, 1.82) is 0 Å². The Morgan fingerprint density at radius 3 is 3.06 bits per heavy atom. The van der Waals surface area contributed by atoms with Gasteiger partial charge in [0.2, 0.25) is 0 Å². The summed E-state index contributed by atoms with van der Waals surface area (Å²) in [5, 5.41) is 3.86. The van der Waals surface area contributed by atoms with Crippen LogP contribution in [0.5, 0.6) is 0 Å². The normalized spacial score (nSPS) is 20.4. The molecule has 1 amide bonds. The highest BCUT2D eigenvalue weighted by molar-refractivity contribution is 7.10. The first-order valence-corrected chi connectivity index (χ1v) is 6.45. The van der Waals surface area contributed by atoms with Gasteiger partial charge >= 0.3 is 0 Å². The fourth-order valence-corrected chi connectivity index (χ4v) is 2.69. The molecule has 1 aliphatic heterocycles. The van der Waals surface area contributed by atoms with E-state index in [9.17, 15) is 4.79 Å². The van der Waals surface area contributed by atoms with Crippen LogP contribution in [0, 0.1) is 6.92 Å². The van der Waals surface area contributed by atoms with Crippen LogP contribution in [0.3, 0.4) is 0 Å². The van der Waals surface area contributed by atoms with Gasteiger partial charge in [0.1, 0.15) is 5.00 Å². The lowest BCUT2D eigenvalue weighted by molar-refractivity contribution is -0.0124. The number of rotatable bonds is 2. The van der Waals surface area contributed by atoms with Crippen LogP contribution in [0.25, 0.3) is 0 Å². The zero-order valence-electron chi connectivity index (χ0n) is 10.3. The monoisotopic (exact) mass is 255 g/mol. The molecule has 1 atom stereocenters. The fourth-order valence-electron chi connectivity index (χ4n) is 1.95. The molecule has 0 aliphatic carbocycles. The number of aryl methyl sites for hydroxylation is 1. The van der Waals surface area contributed by atoms with Crippen molar-refractivity contribution in [3.8, 4) is 0 Å². The van der Waals surface area contributed by atoms with Crippen molar-refractivity contribution in [3.05, 3.63) is 11.3 Å². The molecule has 2 rings (SSSR count). The average molecular weight is 255 g/mol. The van der Waals surface area contributed by atoms with Crippen LogP contribution in [0.1, 0.15) is 23.0 Å². The smallest absolute Gasteiger partial charge is 0.258 e. The molecule has 94 valence electrons. The molecule has 1 saturated heterocycles. The van der Waals surface area contributed by atoms with E-state index in [1.54, 1.807) is 0 Å². The van der Waals surface area contributed by atoms with E-state index in [-0.39, 0.29) is 12.0 Å². The molecule has 17 heavy (non-hydrogen) atoms. The maximum atomic E-state index is 12.4. The van der Waals surface area contributed by atoms with E-state index in [0.717, 1.165) is 10.7 Å². The predicted octanol–water partition coefficient (Wildman–Crippen LogP) is 1.35. The van der Waals surface area contributed by atoms with Gasteiger partial charge in [0.25, 0.3) is 5.91 Å². The van der Waals surface area contributed by atoms with E-state index >= 15 is 0 Å². The highest BCUT2D eigenvalue weighted by Crippen LogP contribution is 2.25. The third-order valence-electron chi connectivity index (χ3n) is 2.83. The van der Waals surface area contributed by atoms with Gasteiger partial charge in [0.05, 0.1) is 24.0 Å². The lowest BCUT2D eigenvalue weighted by atomic mass is 10.2. The Labute approximate surface area is 105 Å². The Kier molecular flexibility index (Phi) is 3.63. The summed E-state index contributed by atoms with van der Waals surface area (Å²) in [6.07, 6.45) is 0.109. The largest absolute Gasteiger partial charge is 0.378 e. The van der Waals surface area contributed by atoms with Crippen molar-refractivity contribution < 1.29 is 9.53 Å². The summed E-state index contributed by atoms with van der Waals surface area (Å²) in [4.78, 5) is 14.2. The third-order valence-corrected chi connectivity index (χ3v) is 3.79. The summed E-state index contributed by atoms with van der Waals surface area (Å²) in [6.45, 7) is 5.77. The van der Waals surface area contributed by atoms with Crippen molar-refractivity contribution in [1.82, 2.24) is 9.27 Å².